The van der Waals surface area contributed by atoms with Gasteiger partial charge in [0.25, 0.3) is 0 Å². The van der Waals surface area contributed by atoms with Crippen LogP contribution in [0.3, 0.4) is 0 Å². The Morgan fingerprint density at radius 2 is 2.31 bits per heavy atom. The Kier molecular flexibility index (Phi) is 3.77. The maximum absolute atomic E-state index is 11.6. The van der Waals surface area contributed by atoms with Crippen LogP contribution in [0.25, 0.3) is 0 Å². The minimum absolute atomic E-state index is 0.121. The first kappa shape index (κ1) is 11.4. The number of anilines is 1. The second kappa shape index (κ2) is 5.30. The van der Waals surface area contributed by atoms with Gasteiger partial charge >= 0.3 is 6.03 Å². The fourth-order valence-electron chi connectivity index (χ4n) is 1.92. The van der Waals surface area contributed by atoms with Crippen molar-refractivity contribution in [2.45, 2.75) is 45.1 Å². The summed E-state index contributed by atoms with van der Waals surface area (Å²) in [6, 6.07) is 0.231. The smallest absolute Gasteiger partial charge is 0.321 e. The molecular formula is C11H17N3OS. The van der Waals surface area contributed by atoms with E-state index in [1.54, 1.807) is 0 Å². The predicted octanol–water partition coefficient (Wildman–Crippen LogP) is 2.77. The number of urea groups is 1. The molecule has 5 heteroatoms. The highest BCUT2D eigenvalue weighted by Gasteiger charge is 2.17. The van der Waals surface area contributed by atoms with Crippen LogP contribution in [0.2, 0.25) is 0 Å². The van der Waals surface area contributed by atoms with Gasteiger partial charge in [0.05, 0.1) is 5.69 Å². The molecule has 1 fully saturated rings. The van der Waals surface area contributed by atoms with E-state index < -0.39 is 0 Å². The van der Waals surface area contributed by atoms with Gasteiger partial charge in [0.2, 0.25) is 0 Å². The van der Waals surface area contributed by atoms with Gasteiger partial charge in [-0.1, -0.05) is 19.8 Å². The SMILES string of the molecule is CCc1csc(NC(=O)NC2CCCC2)n1. The maximum atomic E-state index is 11.6. The Balaban J connectivity index is 1.81. The van der Waals surface area contributed by atoms with Crippen molar-refractivity contribution in [2.75, 3.05) is 5.32 Å². The molecule has 0 spiro atoms. The number of carbonyl (C=O) groups is 1. The molecule has 1 aromatic rings. The minimum Gasteiger partial charge on any atom is -0.335 e. The molecule has 1 saturated carbocycles. The molecule has 2 amide bonds. The van der Waals surface area contributed by atoms with Gasteiger partial charge in [-0.25, -0.2) is 9.78 Å². The van der Waals surface area contributed by atoms with Crippen molar-refractivity contribution in [2.24, 2.45) is 0 Å². The van der Waals surface area contributed by atoms with Crippen LogP contribution in [0.15, 0.2) is 5.38 Å². The zero-order valence-corrected chi connectivity index (χ0v) is 10.3. The number of hydrogen-bond donors (Lipinski definition) is 2. The number of thiazole rings is 1. The van der Waals surface area contributed by atoms with Gasteiger partial charge in [0.1, 0.15) is 0 Å². The van der Waals surface area contributed by atoms with Gasteiger partial charge in [0.15, 0.2) is 5.13 Å². The van der Waals surface area contributed by atoms with E-state index in [0.29, 0.717) is 11.2 Å². The number of amides is 2. The van der Waals surface area contributed by atoms with E-state index in [1.807, 2.05) is 5.38 Å². The van der Waals surface area contributed by atoms with Crippen LogP contribution in [0.5, 0.6) is 0 Å². The molecule has 0 saturated heterocycles. The number of rotatable bonds is 3. The summed E-state index contributed by atoms with van der Waals surface area (Å²) in [5.41, 5.74) is 1.03. The van der Waals surface area contributed by atoms with Crippen molar-refractivity contribution in [3.05, 3.63) is 11.1 Å². The average Bonchev–Trinajstić information content (AvgIpc) is 2.89. The molecule has 16 heavy (non-hydrogen) atoms. The summed E-state index contributed by atoms with van der Waals surface area (Å²) in [6.45, 7) is 2.05. The van der Waals surface area contributed by atoms with E-state index >= 15 is 0 Å². The number of hydrogen-bond acceptors (Lipinski definition) is 3. The third kappa shape index (κ3) is 2.95. The summed E-state index contributed by atoms with van der Waals surface area (Å²) in [4.78, 5) is 15.9. The summed E-state index contributed by atoms with van der Waals surface area (Å²) in [5, 5.41) is 8.42. The second-order valence-corrected chi connectivity index (χ2v) is 4.94. The Labute approximate surface area is 99.5 Å². The van der Waals surface area contributed by atoms with Crippen molar-refractivity contribution in [3.63, 3.8) is 0 Å². The van der Waals surface area contributed by atoms with Crippen molar-refractivity contribution in [1.29, 1.82) is 0 Å². The zero-order valence-electron chi connectivity index (χ0n) is 9.45. The first-order chi connectivity index (χ1) is 7.78. The zero-order chi connectivity index (χ0) is 11.4. The largest absolute Gasteiger partial charge is 0.335 e. The molecule has 1 aromatic heterocycles. The lowest BCUT2D eigenvalue weighted by Crippen LogP contribution is -2.36. The topological polar surface area (TPSA) is 54.0 Å². The van der Waals surface area contributed by atoms with Crippen LogP contribution in [0.1, 0.15) is 38.3 Å². The monoisotopic (exact) mass is 239 g/mol. The fourth-order valence-corrected chi connectivity index (χ4v) is 2.70. The highest BCUT2D eigenvalue weighted by molar-refractivity contribution is 7.13. The van der Waals surface area contributed by atoms with Crippen LogP contribution in [0, 0.1) is 0 Å². The summed E-state index contributed by atoms with van der Waals surface area (Å²) in [5.74, 6) is 0. The molecule has 0 bridgehead atoms. The van der Waals surface area contributed by atoms with Gasteiger partial charge in [-0.2, -0.15) is 0 Å². The molecule has 88 valence electrons. The lowest BCUT2D eigenvalue weighted by Gasteiger charge is -2.11. The highest BCUT2D eigenvalue weighted by Crippen LogP contribution is 2.18. The first-order valence-corrected chi connectivity index (χ1v) is 6.68. The summed E-state index contributed by atoms with van der Waals surface area (Å²) in [7, 11) is 0. The molecule has 0 atom stereocenters. The molecule has 4 nitrogen and oxygen atoms in total. The van der Waals surface area contributed by atoms with Gasteiger partial charge < -0.3 is 5.32 Å². The molecule has 2 N–H and O–H groups in total. The van der Waals surface area contributed by atoms with E-state index in [9.17, 15) is 4.79 Å². The lowest BCUT2D eigenvalue weighted by molar-refractivity contribution is 0.248. The second-order valence-electron chi connectivity index (χ2n) is 4.08. The predicted molar refractivity (Wildman–Crippen MR) is 65.9 cm³/mol. The summed E-state index contributed by atoms with van der Waals surface area (Å²) >= 11 is 1.48. The van der Waals surface area contributed by atoms with E-state index in [0.717, 1.165) is 25.0 Å². The van der Waals surface area contributed by atoms with E-state index in [1.165, 1.54) is 24.2 Å². The number of nitrogens with one attached hydrogen (secondary N) is 2. The molecule has 0 aliphatic heterocycles. The van der Waals surface area contributed by atoms with Gasteiger partial charge in [-0.05, 0) is 19.3 Å². The molecule has 0 unspecified atom stereocenters. The van der Waals surface area contributed by atoms with Gasteiger partial charge in [-0.15, -0.1) is 11.3 Å². The molecule has 0 aromatic carbocycles. The highest BCUT2D eigenvalue weighted by atomic mass is 32.1. The summed E-state index contributed by atoms with van der Waals surface area (Å²) < 4.78 is 0. The van der Waals surface area contributed by atoms with Crippen LogP contribution in [-0.2, 0) is 6.42 Å². The van der Waals surface area contributed by atoms with Crippen molar-refractivity contribution in [3.8, 4) is 0 Å². The minimum atomic E-state index is -0.121. The van der Waals surface area contributed by atoms with Crippen molar-refractivity contribution >= 4 is 22.5 Å². The van der Waals surface area contributed by atoms with E-state index in [-0.39, 0.29) is 6.03 Å². The van der Waals surface area contributed by atoms with E-state index in [2.05, 4.69) is 22.5 Å². The molecular weight excluding hydrogens is 222 g/mol. The normalized spacial score (nSPS) is 16.3. The standard InChI is InChI=1S/C11H17N3OS/c1-2-8-7-16-11(13-8)14-10(15)12-9-5-3-4-6-9/h7,9H,2-6H2,1H3,(H2,12,13,14,15). The Hall–Kier alpha value is -1.10. The lowest BCUT2D eigenvalue weighted by atomic mass is 10.3. The van der Waals surface area contributed by atoms with Crippen LogP contribution in [-0.4, -0.2) is 17.1 Å². The van der Waals surface area contributed by atoms with Crippen LogP contribution in [0.4, 0.5) is 9.93 Å². The summed E-state index contributed by atoms with van der Waals surface area (Å²) in [6.07, 6.45) is 5.56. The molecule has 1 aliphatic rings. The number of aryl methyl sites for hydroxylation is 1. The van der Waals surface area contributed by atoms with Crippen molar-refractivity contribution < 1.29 is 4.79 Å². The molecule has 1 aliphatic carbocycles. The van der Waals surface area contributed by atoms with E-state index in [4.69, 9.17) is 0 Å². The fraction of sp³-hybridized carbons (Fsp3) is 0.636. The first-order valence-electron chi connectivity index (χ1n) is 5.80. The van der Waals surface area contributed by atoms with Gasteiger partial charge in [-0.3, -0.25) is 5.32 Å². The van der Waals surface area contributed by atoms with Crippen LogP contribution >= 0.6 is 11.3 Å². The number of nitrogens with zero attached hydrogens (tertiary/aromatic N) is 1. The van der Waals surface area contributed by atoms with Gasteiger partial charge in [0, 0.05) is 11.4 Å². The Morgan fingerprint density at radius 3 is 2.94 bits per heavy atom. The quantitative estimate of drug-likeness (QED) is 0.852. The van der Waals surface area contributed by atoms with Crippen LogP contribution < -0.4 is 10.6 Å². The third-order valence-corrected chi connectivity index (χ3v) is 3.63. The number of aromatic nitrogens is 1. The Bertz CT molecular complexity index is 358. The molecule has 0 radical (unpaired) electrons. The van der Waals surface area contributed by atoms with Crippen molar-refractivity contribution in [1.82, 2.24) is 10.3 Å². The average molecular weight is 239 g/mol. The maximum Gasteiger partial charge on any atom is 0.321 e. The Morgan fingerprint density at radius 1 is 1.56 bits per heavy atom. The molecule has 1 heterocycles. The third-order valence-electron chi connectivity index (χ3n) is 2.82. The number of carbonyl (C=O) groups excluding carboxylic acids is 1. The molecule has 2 rings (SSSR count).